The molecular weight excluding hydrogens is 368 g/mol. The van der Waals surface area contributed by atoms with Gasteiger partial charge in [0.05, 0.1) is 11.5 Å². The number of methoxy groups -OCH3 is 1. The zero-order valence-corrected chi connectivity index (χ0v) is 15.2. The number of hydrogen-bond acceptors (Lipinski definition) is 7. The van der Waals surface area contributed by atoms with Crippen LogP contribution >= 0.6 is 0 Å². The second-order valence-electron chi connectivity index (χ2n) is 5.69. The first-order valence-corrected chi connectivity index (χ1v) is 8.42. The number of esters is 1. The standard InChI is InChI=1S/C19H20N2O7/c1-26-11-12-27-18(22)17(13-14-5-3-2-4-6-14)20-19(23)28-16-9-7-15(8-10-16)21(24)25/h2-10,17H,11-13H2,1H3,(H,20,23)/t17-/m1/s1. The molecule has 2 rings (SSSR count). The van der Waals surface area contributed by atoms with E-state index in [2.05, 4.69) is 5.32 Å². The van der Waals surface area contributed by atoms with Crippen LogP contribution in [-0.4, -0.2) is 43.4 Å². The van der Waals surface area contributed by atoms with Crippen LogP contribution in [0.15, 0.2) is 54.6 Å². The average Bonchev–Trinajstić information content (AvgIpc) is 2.68. The molecule has 0 saturated carbocycles. The third kappa shape index (κ3) is 6.69. The lowest BCUT2D eigenvalue weighted by atomic mass is 10.1. The zero-order valence-electron chi connectivity index (χ0n) is 15.2. The van der Waals surface area contributed by atoms with E-state index in [0.717, 1.165) is 5.56 Å². The number of nitrogens with one attached hydrogen (secondary N) is 1. The number of benzene rings is 2. The lowest BCUT2D eigenvalue weighted by molar-refractivity contribution is -0.384. The first-order valence-electron chi connectivity index (χ1n) is 8.42. The second-order valence-corrected chi connectivity index (χ2v) is 5.69. The van der Waals surface area contributed by atoms with Gasteiger partial charge in [0, 0.05) is 25.7 Å². The molecule has 0 bridgehead atoms. The Bertz CT molecular complexity index is 794. The molecule has 28 heavy (non-hydrogen) atoms. The van der Waals surface area contributed by atoms with Crippen molar-refractivity contribution in [2.24, 2.45) is 0 Å². The molecule has 0 spiro atoms. The molecule has 2 aromatic carbocycles. The third-order valence-electron chi connectivity index (χ3n) is 3.65. The Hall–Kier alpha value is -3.46. The van der Waals surface area contributed by atoms with E-state index in [1.165, 1.54) is 31.4 Å². The fourth-order valence-corrected chi connectivity index (χ4v) is 2.28. The summed E-state index contributed by atoms with van der Waals surface area (Å²) in [4.78, 5) is 34.6. The van der Waals surface area contributed by atoms with Gasteiger partial charge in [-0.15, -0.1) is 0 Å². The molecule has 0 unspecified atom stereocenters. The monoisotopic (exact) mass is 388 g/mol. The average molecular weight is 388 g/mol. The number of carbonyl (C=O) groups excluding carboxylic acids is 2. The quantitative estimate of drug-likeness (QED) is 0.303. The highest BCUT2D eigenvalue weighted by Gasteiger charge is 2.24. The molecule has 0 heterocycles. The minimum Gasteiger partial charge on any atom is -0.462 e. The summed E-state index contributed by atoms with van der Waals surface area (Å²) in [5.41, 5.74) is 0.697. The van der Waals surface area contributed by atoms with E-state index < -0.39 is 23.0 Å². The van der Waals surface area contributed by atoms with Crippen LogP contribution in [0.1, 0.15) is 5.56 Å². The maximum Gasteiger partial charge on any atom is 0.413 e. The number of hydrogen-bond donors (Lipinski definition) is 1. The van der Waals surface area contributed by atoms with Gasteiger partial charge in [-0.25, -0.2) is 9.59 Å². The van der Waals surface area contributed by atoms with Gasteiger partial charge in [0.1, 0.15) is 18.4 Å². The Morgan fingerprint density at radius 3 is 2.36 bits per heavy atom. The highest BCUT2D eigenvalue weighted by Crippen LogP contribution is 2.17. The maximum absolute atomic E-state index is 12.3. The van der Waals surface area contributed by atoms with Crippen LogP contribution in [0.3, 0.4) is 0 Å². The number of non-ortho nitro benzene ring substituents is 1. The van der Waals surface area contributed by atoms with Crippen molar-refractivity contribution >= 4 is 17.7 Å². The van der Waals surface area contributed by atoms with Gasteiger partial charge in [-0.05, 0) is 17.7 Å². The van der Waals surface area contributed by atoms with Crippen LogP contribution in [0, 0.1) is 10.1 Å². The molecule has 0 saturated heterocycles. The molecule has 1 atom stereocenters. The van der Waals surface area contributed by atoms with Gasteiger partial charge < -0.3 is 19.5 Å². The molecule has 0 aliphatic heterocycles. The van der Waals surface area contributed by atoms with Gasteiger partial charge in [-0.1, -0.05) is 30.3 Å². The number of carbonyl (C=O) groups is 2. The Morgan fingerprint density at radius 1 is 1.07 bits per heavy atom. The highest BCUT2D eigenvalue weighted by atomic mass is 16.6. The van der Waals surface area contributed by atoms with Crippen molar-refractivity contribution in [3.05, 3.63) is 70.3 Å². The van der Waals surface area contributed by atoms with Crippen molar-refractivity contribution < 1.29 is 28.7 Å². The molecule has 148 valence electrons. The van der Waals surface area contributed by atoms with E-state index in [1.807, 2.05) is 30.3 Å². The van der Waals surface area contributed by atoms with Crippen molar-refractivity contribution in [3.63, 3.8) is 0 Å². The van der Waals surface area contributed by atoms with Crippen LogP contribution in [-0.2, 0) is 20.7 Å². The molecule has 0 aliphatic carbocycles. The summed E-state index contributed by atoms with van der Waals surface area (Å²) < 4.78 is 15.0. The highest BCUT2D eigenvalue weighted by molar-refractivity contribution is 5.82. The van der Waals surface area contributed by atoms with Crippen LogP contribution in [0.25, 0.3) is 0 Å². The fourth-order valence-electron chi connectivity index (χ4n) is 2.28. The van der Waals surface area contributed by atoms with E-state index in [1.54, 1.807) is 0 Å². The molecule has 0 aliphatic rings. The van der Waals surface area contributed by atoms with Crippen molar-refractivity contribution in [1.29, 1.82) is 0 Å². The molecule has 1 N–H and O–H groups in total. The van der Waals surface area contributed by atoms with Crippen LogP contribution in [0.5, 0.6) is 5.75 Å². The molecule has 1 amide bonds. The van der Waals surface area contributed by atoms with Gasteiger partial charge in [0.2, 0.25) is 0 Å². The zero-order chi connectivity index (χ0) is 20.4. The lowest BCUT2D eigenvalue weighted by Crippen LogP contribution is -2.44. The molecule has 2 aromatic rings. The summed E-state index contributed by atoms with van der Waals surface area (Å²) in [7, 11) is 1.48. The number of nitro groups is 1. The van der Waals surface area contributed by atoms with E-state index in [9.17, 15) is 19.7 Å². The second kappa shape index (κ2) is 10.6. The molecular formula is C19H20N2O7. The van der Waals surface area contributed by atoms with Gasteiger partial charge in [0.25, 0.3) is 5.69 Å². The van der Waals surface area contributed by atoms with Crippen LogP contribution < -0.4 is 10.1 Å². The summed E-state index contributed by atoms with van der Waals surface area (Å²) in [5, 5.41) is 13.1. The van der Waals surface area contributed by atoms with E-state index in [4.69, 9.17) is 14.2 Å². The Morgan fingerprint density at radius 2 is 1.75 bits per heavy atom. The minimum absolute atomic E-state index is 0.0553. The Kier molecular flexibility index (Phi) is 7.92. The van der Waals surface area contributed by atoms with Crippen LogP contribution in [0.4, 0.5) is 10.5 Å². The normalized spacial score (nSPS) is 11.3. The molecule has 9 nitrogen and oxygen atoms in total. The minimum atomic E-state index is -0.968. The summed E-state index contributed by atoms with van der Waals surface area (Å²) in [6.45, 7) is 0.288. The number of nitrogens with zero attached hydrogens (tertiary/aromatic N) is 1. The van der Waals surface area contributed by atoms with E-state index in [-0.39, 0.29) is 31.1 Å². The predicted molar refractivity (Wildman–Crippen MR) is 99.0 cm³/mol. The maximum atomic E-state index is 12.3. The van der Waals surface area contributed by atoms with Crippen molar-refractivity contribution in [2.75, 3.05) is 20.3 Å². The van der Waals surface area contributed by atoms with Gasteiger partial charge in [-0.2, -0.15) is 0 Å². The number of rotatable bonds is 9. The third-order valence-corrected chi connectivity index (χ3v) is 3.65. The Balaban J connectivity index is 2.01. The van der Waals surface area contributed by atoms with E-state index in [0.29, 0.717) is 0 Å². The van der Waals surface area contributed by atoms with Crippen molar-refractivity contribution in [3.8, 4) is 5.75 Å². The fraction of sp³-hybridized carbons (Fsp3) is 0.263. The molecule has 0 fully saturated rings. The van der Waals surface area contributed by atoms with Crippen molar-refractivity contribution in [2.45, 2.75) is 12.5 Å². The SMILES string of the molecule is COCCOC(=O)[C@@H](Cc1ccccc1)NC(=O)Oc1ccc([N+](=O)[O-])cc1. The summed E-state index contributed by atoms with van der Waals surface area (Å²) in [5.74, 6) is -0.518. The largest absolute Gasteiger partial charge is 0.462 e. The lowest BCUT2D eigenvalue weighted by Gasteiger charge is -2.17. The van der Waals surface area contributed by atoms with Gasteiger partial charge in [0.15, 0.2) is 0 Å². The van der Waals surface area contributed by atoms with Crippen LogP contribution in [0.2, 0.25) is 0 Å². The van der Waals surface area contributed by atoms with Gasteiger partial charge in [-0.3, -0.25) is 10.1 Å². The first kappa shape index (κ1) is 20.8. The number of amides is 1. The molecule has 0 radical (unpaired) electrons. The van der Waals surface area contributed by atoms with E-state index >= 15 is 0 Å². The number of ether oxygens (including phenoxy) is 3. The predicted octanol–water partition coefficient (Wildman–Crippen LogP) is 2.48. The topological polar surface area (TPSA) is 117 Å². The molecule has 9 heteroatoms. The number of nitro benzene ring substituents is 1. The van der Waals surface area contributed by atoms with Gasteiger partial charge >= 0.3 is 12.1 Å². The first-order chi connectivity index (χ1) is 13.5. The molecule has 0 aromatic heterocycles. The summed E-state index contributed by atoms with van der Waals surface area (Å²) >= 11 is 0. The van der Waals surface area contributed by atoms with Crippen molar-refractivity contribution in [1.82, 2.24) is 5.32 Å². The Labute approximate surface area is 161 Å². The smallest absolute Gasteiger partial charge is 0.413 e. The summed E-state index contributed by atoms with van der Waals surface area (Å²) in [6.07, 6.45) is -0.666. The summed E-state index contributed by atoms with van der Waals surface area (Å²) in [6, 6.07) is 13.2.